The Bertz CT molecular complexity index is 544. The van der Waals surface area contributed by atoms with Crippen LogP contribution in [0.15, 0.2) is 42.6 Å². The molecule has 0 saturated heterocycles. The van der Waals surface area contributed by atoms with Crippen molar-refractivity contribution in [3.63, 3.8) is 0 Å². The fourth-order valence-corrected chi connectivity index (χ4v) is 1.58. The first-order valence-corrected chi connectivity index (χ1v) is 4.85. The van der Waals surface area contributed by atoms with Crippen molar-refractivity contribution in [2.45, 2.75) is 0 Å². The second kappa shape index (κ2) is 4.45. The maximum Gasteiger partial charge on any atom is 0.148 e. The summed E-state index contributed by atoms with van der Waals surface area (Å²) in [6, 6.07) is 13.3. The summed E-state index contributed by atoms with van der Waals surface area (Å²) in [5.41, 5.74) is 2.09. The van der Waals surface area contributed by atoms with Crippen LogP contribution in [0.1, 0.15) is 5.69 Å². The number of ether oxygens (including phenoxy) is 1. The van der Waals surface area contributed by atoms with E-state index in [0.29, 0.717) is 5.69 Å². The quantitative estimate of drug-likeness (QED) is 0.765. The number of methoxy groups -OCH3 is 1. The highest BCUT2D eigenvalue weighted by molar-refractivity contribution is 5.74. The molecule has 0 aliphatic carbocycles. The molecule has 0 bridgehead atoms. The molecule has 16 heavy (non-hydrogen) atoms. The first-order valence-electron chi connectivity index (χ1n) is 4.85. The molecule has 0 aliphatic heterocycles. The molecule has 0 amide bonds. The summed E-state index contributed by atoms with van der Waals surface area (Å²) in [7, 11) is 1.61. The second-order valence-electron chi connectivity index (χ2n) is 3.21. The molecule has 3 heteroatoms. The highest BCUT2D eigenvalue weighted by atomic mass is 16.5. The van der Waals surface area contributed by atoms with Crippen LogP contribution in [0, 0.1) is 11.3 Å². The number of nitriles is 1. The number of rotatable bonds is 2. The highest BCUT2D eigenvalue weighted by Gasteiger charge is 2.09. The fourth-order valence-electron chi connectivity index (χ4n) is 1.58. The molecule has 0 fully saturated rings. The zero-order chi connectivity index (χ0) is 11.4. The van der Waals surface area contributed by atoms with E-state index in [4.69, 9.17) is 10.00 Å². The summed E-state index contributed by atoms with van der Waals surface area (Å²) in [4.78, 5) is 4.03. The summed E-state index contributed by atoms with van der Waals surface area (Å²) >= 11 is 0. The van der Waals surface area contributed by atoms with Gasteiger partial charge in [-0.25, -0.2) is 4.98 Å². The Morgan fingerprint density at radius 1 is 1.12 bits per heavy atom. The Balaban J connectivity index is 2.64. The van der Waals surface area contributed by atoms with E-state index >= 15 is 0 Å². The zero-order valence-corrected chi connectivity index (χ0v) is 8.84. The van der Waals surface area contributed by atoms with Crippen LogP contribution in [0.3, 0.4) is 0 Å². The van der Waals surface area contributed by atoms with E-state index in [1.807, 2.05) is 36.4 Å². The molecule has 2 aromatic rings. The van der Waals surface area contributed by atoms with E-state index in [0.717, 1.165) is 16.9 Å². The van der Waals surface area contributed by atoms with Gasteiger partial charge in [0.1, 0.15) is 17.5 Å². The molecule has 0 spiro atoms. The second-order valence-corrected chi connectivity index (χ2v) is 3.21. The van der Waals surface area contributed by atoms with Crippen LogP contribution in [-0.4, -0.2) is 12.1 Å². The molecule has 1 aromatic carbocycles. The van der Waals surface area contributed by atoms with Gasteiger partial charge in [0.2, 0.25) is 0 Å². The van der Waals surface area contributed by atoms with Crippen molar-refractivity contribution in [2.75, 3.05) is 7.11 Å². The van der Waals surface area contributed by atoms with Crippen LogP contribution in [-0.2, 0) is 0 Å². The average Bonchev–Trinajstić information content (AvgIpc) is 2.38. The van der Waals surface area contributed by atoms with Crippen molar-refractivity contribution >= 4 is 0 Å². The summed E-state index contributed by atoms with van der Waals surface area (Å²) in [6.45, 7) is 0. The van der Waals surface area contributed by atoms with Gasteiger partial charge in [-0.3, -0.25) is 0 Å². The van der Waals surface area contributed by atoms with Crippen molar-refractivity contribution < 1.29 is 4.74 Å². The minimum absolute atomic E-state index is 0.409. The van der Waals surface area contributed by atoms with Crippen molar-refractivity contribution in [3.05, 3.63) is 48.3 Å². The van der Waals surface area contributed by atoms with E-state index in [2.05, 4.69) is 11.1 Å². The third kappa shape index (κ3) is 1.73. The van der Waals surface area contributed by atoms with Gasteiger partial charge in [0.25, 0.3) is 0 Å². The van der Waals surface area contributed by atoms with Crippen LogP contribution in [0.25, 0.3) is 11.1 Å². The molecule has 3 nitrogen and oxygen atoms in total. The van der Waals surface area contributed by atoms with Gasteiger partial charge in [0.15, 0.2) is 0 Å². The van der Waals surface area contributed by atoms with E-state index < -0.39 is 0 Å². The maximum absolute atomic E-state index is 8.99. The van der Waals surface area contributed by atoms with Crippen molar-refractivity contribution in [2.24, 2.45) is 0 Å². The number of para-hydroxylation sites is 1. The molecule has 1 heterocycles. The number of pyridine rings is 1. The van der Waals surface area contributed by atoms with Crippen LogP contribution < -0.4 is 4.74 Å². The number of hydrogen-bond acceptors (Lipinski definition) is 3. The molecular formula is C13H10N2O. The third-order valence-corrected chi connectivity index (χ3v) is 2.31. The lowest BCUT2D eigenvalue weighted by Gasteiger charge is -2.08. The van der Waals surface area contributed by atoms with E-state index in [1.165, 1.54) is 0 Å². The van der Waals surface area contributed by atoms with Crippen molar-refractivity contribution in [1.29, 1.82) is 5.26 Å². The minimum Gasteiger partial charge on any atom is -0.496 e. The van der Waals surface area contributed by atoms with Crippen molar-refractivity contribution in [1.82, 2.24) is 4.98 Å². The topological polar surface area (TPSA) is 45.9 Å². The first kappa shape index (κ1) is 10.2. The number of nitrogens with zero attached hydrogens (tertiary/aromatic N) is 2. The Hall–Kier alpha value is -2.34. The zero-order valence-electron chi connectivity index (χ0n) is 8.84. The summed E-state index contributed by atoms with van der Waals surface area (Å²) in [6.07, 6.45) is 1.61. The lowest BCUT2D eigenvalue weighted by Crippen LogP contribution is -1.91. The normalized spacial score (nSPS) is 9.50. The average molecular weight is 210 g/mol. The summed E-state index contributed by atoms with van der Waals surface area (Å²) in [5.74, 6) is 0.743. The van der Waals surface area contributed by atoms with Gasteiger partial charge >= 0.3 is 0 Å². The molecule has 0 unspecified atom stereocenters. The molecule has 78 valence electrons. The molecule has 0 saturated carbocycles. The molecule has 2 rings (SSSR count). The van der Waals surface area contributed by atoms with Crippen LogP contribution in [0.4, 0.5) is 0 Å². The minimum atomic E-state index is 0.409. The van der Waals surface area contributed by atoms with Crippen LogP contribution in [0.5, 0.6) is 5.75 Å². The fraction of sp³-hybridized carbons (Fsp3) is 0.0769. The van der Waals surface area contributed by atoms with E-state index in [-0.39, 0.29) is 0 Å². The van der Waals surface area contributed by atoms with E-state index in [9.17, 15) is 0 Å². The van der Waals surface area contributed by atoms with Gasteiger partial charge in [-0.15, -0.1) is 0 Å². The van der Waals surface area contributed by atoms with Gasteiger partial charge in [0.05, 0.1) is 7.11 Å². The Labute approximate surface area is 93.9 Å². The molecule has 0 aliphatic rings. The lowest BCUT2D eigenvalue weighted by atomic mass is 10.0. The van der Waals surface area contributed by atoms with E-state index in [1.54, 1.807) is 13.3 Å². The monoisotopic (exact) mass is 210 g/mol. The standard InChI is InChI=1S/C13H10N2O/c1-16-13-7-3-2-5-11(13)10-6-4-8-15-12(10)9-14/h2-8H,1H3. The predicted octanol–water partition coefficient (Wildman–Crippen LogP) is 2.63. The van der Waals surface area contributed by atoms with Gasteiger partial charge in [-0.05, 0) is 18.2 Å². The Morgan fingerprint density at radius 2 is 1.88 bits per heavy atom. The molecule has 0 atom stereocenters. The number of hydrogen-bond donors (Lipinski definition) is 0. The number of benzene rings is 1. The Kier molecular flexibility index (Phi) is 2.84. The third-order valence-electron chi connectivity index (χ3n) is 2.31. The maximum atomic E-state index is 8.99. The SMILES string of the molecule is COc1ccccc1-c1cccnc1C#N. The van der Waals surface area contributed by atoms with Gasteiger partial charge in [-0.1, -0.05) is 18.2 Å². The largest absolute Gasteiger partial charge is 0.496 e. The van der Waals surface area contributed by atoms with Gasteiger partial charge in [-0.2, -0.15) is 5.26 Å². The highest BCUT2D eigenvalue weighted by Crippen LogP contribution is 2.30. The molecular weight excluding hydrogens is 200 g/mol. The molecule has 1 aromatic heterocycles. The Morgan fingerprint density at radius 3 is 2.62 bits per heavy atom. The number of aromatic nitrogens is 1. The van der Waals surface area contributed by atoms with Crippen LogP contribution >= 0.6 is 0 Å². The predicted molar refractivity (Wildman–Crippen MR) is 60.9 cm³/mol. The van der Waals surface area contributed by atoms with Gasteiger partial charge < -0.3 is 4.74 Å². The summed E-state index contributed by atoms with van der Waals surface area (Å²) < 4.78 is 5.26. The molecule has 0 radical (unpaired) electrons. The first-order chi connectivity index (χ1) is 7.86. The lowest BCUT2D eigenvalue weighted by molar-refractivity contribution is 0.416. The van der Waals surface area contributed by atoms with Crippen molar-refractivity contribution in [3.8, 4) is 22.9 Å². The van der Waals surface area contributed by atoms with Crippen LogP contribution in [0.2, 0.25) is 0 Å². The van der Waals surface area contributed by atoms with Gasteiger partial charge in [0, 0.05) is 17.3 Å². The summed E-state index contributed by atoms with van der Waals surface area (Å²) in [5, 5.41) is 8.99. The smallest absolute Gasteiger partial charge is 0.148 e. The molecule has 0 N–H and O–H groups in total.